The zero-order valence-corrected chi connectivity index (χ0v) is 7.46. The van der Waals surface area contributed by atoms with Crippen molar-refractivity contribution in [1.82, 2.24) is 10.2 Å². The fraction of sp³-hybridized carbons (Fsp3) is 0.750. The van der Waals surface area contributed by atoms with Crippen LogP contribution in [-0.2, 0) is 9.59 Å². The highest BCUT2D eigenvalue weighted by atomic mass is 16.2. The van der Waals surface area contributed by atoms with Crippen LogP contribution in [0.25, 0.3) is 0 Å². The molecule has 1 fully saturated rings. The Balaban J connectivity index is 2.60. The van der Waals surface area contributed by atoms with Crippen LogP contribution in [0.5, 0.6) is 0 Å². The quantitative estimate of drug-likeness (QED) is 0.621. The first-order valence-electron chi connectivity index (χ1n) is 4.21. The van der Waals surface area contributed by atoms with Crippen molar-refractivity contribution in [2.75, 3.05) is 13.1 Å². The molecule has 1 heterocycles. The molecule has 12 heavy (non-hydrogen) atoms. The molecule has 68 valence electrons. The molecule has 0 unspecified atom stereocenters. The van der Waals surface area contributed by atoms with Crippen LogP contribution in [0, 0.1) is 0 Å². The fourth-order valence-electron chi connectivity index (χ4n) is 1.20. The van der Waals surface area contributed by atoms with Gasteiger partial charge in [-0.05, 0) is 13.3 Å². The lowest BCUT2D eigenvalue weighted by molar-refractivity contribution is -0.142. The maximum absolute atomic E-state index is 11.3. The summed E-state index contributed by atoms with van der Waals surface area (Å²) in [7, 11) is 0. The second-order valence-electron chi connectivity index (χ2n) is 3.06. The van der Waals surface area contributed by atoms with Gasteiger partial charge in [-0.1, -0.05) is 6.92 Å². The summed E-state index contributed by atoms with van der Waals surface area (Å²) >= 11 is 0. The molecule has 0 saturated carbocycles. The summed E-state index contributed by atoms with van der Waals surface area (Å²) in [5, 5.41) is 2.51. The number of hydrogen-bond acceptors (Lipinski definition) is 2. The molecule has 2 amide bonds. The van der Waals surface area contributed by atoms with E-state index in [1.54, 1.807) is 4.90 Å². The lowest BCUT2D eigenvalue weighted by Gasteiger charge is -2.31. The van der Waals surface area contributed by atoms with Crippen molar-refractivity contribution in [1.29, 1.82) is 0 Å². The molecule has 1 aliphatic heterocycles. The summed E-state index contributed by atoms with van der Waals surface area (Å²) in [5.74, 6) is -0.0427. The number of carbonyl (C=O) groups excluding carboxylic acids is 2. The summed E-state index contributed by atoms with van der Waals surface area (Å²) < 4.78 is 0. The predicted octanol–water partition coefficient (Wildman–Crippen LogP) is -0.257. The zero-order valence-electron chi connectivity index (χ0n) is 7.46. The summed E-state index contributed by atoms with van der Waals surface area (Å²) in [4.78, 5) is 23.8. The Hall–Kier alpha value is -1.06. The lowest BCUT2D eigenvalue weighted by Crippen LogP contribution is -2.54. The van der Waals surface area contributed by atoms with Crippen molar-refractivity contribution in [2.24, 2.45) is 0 Å². The number of nitrogens with zero attached hydrogens (tertiary/aromatic N) is 1. The van der Waals surface area contributed by atoms with Gasteiger partial charge in [-0.3, -0.25) is 9.59 Å². The molecule has 0 spiro atoms. The second-order valence-corrected chi connectivity index (χ2v) is 3.06. The Morgan fingerprint density at radius 2 is 2.25 bits per heavy atom. The van der Waals surface area contributed by atoms with Gasteiger partial charge in [0.15, 0.2) is 0 Å². The van der Waals surface area contributed by atoms with E-state index in [-0.39, 0.29) is 30.9 Å². The van der Waals surface area contributed by atoms with Gasteiger partial charge in [0.1, 0.15) is 0 Å². The summed E-state index contributed by atoms with van der Waals surface area (Å²) in [6, 6.07) is 0.170. The third kappa shape index (κ3) is 1.75. The molecule has 4 nitrogen and oxygen atoms in total. The summed E-state index contributed by atoms with van der Waals surface area (Å²) in [6.45, 7) is 4.33. The third-order valence-corrected chi connectivity index (χ3v) is 2.19. The highest BCUT2D eigenvalue weighted by Crippen LogP contribution is 2.05. The monoisotopic (exact) mass is 170 g/mol. The van der Waals surface area contributed by atoms with Crippen LogP contribution in [0.3, 0.4) is 0 Å². The fourth-order valence-corrected chi connectivity index (χ4v) is 1.20. The van der Waals surface area contributed by atoms with Crippen LogP contribution >= 0.6 is 0 Å². The van der Waals surface area contributed by atoms with E-state index < -0.39 is 0 Å². The van der Waals surface area contributed by atoms with Gasteiger partial charge in [0.25, 0.3) is 0 Å². The molecule has 0 aromatic carbocycles. The van der Waals surface area contributed by atoms with E-state index in [1.165, 1.54) is 0 Å². The minimum atomic E-state index is -0.0603. The summed E-state index contributed by atoms with van der Waals surface area (Å²) in [6.07, 6.45) is 0.888. The number of nitrogens with one attached hydrogen (secondary N) is 1. The minimum Gasteiger partial charge on any atom is -0.345 e. The molecule has 0 radical (unpaired) electrons. The van der Waals surface area contributed by atoms with Gasteiger partial charge in [0.05, 0.1) is 13.1 Å². The van der Waals surface area contributed by atoms with Crippen LogP contribution in [-0.4, -0.2) is 35.8 Å². The SMILES string of the molecule is CC[C@H](C)N1CC(=O)NCC1=O. The normalized spacial score (nSPS) is 20.7. The summed E-state index contributed by atoms with van der Waals surface area (Å²) in [5.41, 5.74) is 0. The van der Waals surface area contributed by atoms with Gasteiger partial charge >= 0.3 is 0 Å². The molecule has 0 aromatic heterocycles. The largest absolute Gasteiger partial charge is 0.345 e. The van der Waals surface area contributed by atoms with E-state index in [0.29, 0.717) is 0 Å². The van der Waals surface area contributed by atoms with Crippen LogP contribution in [0.1, 0.15) is 20.3 Å². The van der Waals surface area contributed by atoms with Crippen LogP contribution in [0.2, 0.25) is 0 Å². The molecule has 0 bridgehead atoms. The topological polar surface area (TPSA) is 49.4 Å². The van der Waals surface area contributed by atoms with E-state index in [0.717, 1.165) is 6.42 Å². The maximum atomic E-state index is 11.3. The highest BCUT2D eigenvalue weighted by molar-refractivity contribution is 5.92. The van der Waals surface area contributed by atoms with Gasteiger partial charge < -0.3 is 10.2 Å². The van der Waals surface area contributed by atoms with Gasteiger partial charge in [0, 0.05) is 6.04 Å². The van der Waals surface area contributed by atoms with Crippen LogP contribution in [0.15, 0.2) is 0 Å². The molecular formula is C8H14N2O2. The predicted molar refractivity (Wildman–Crippen MR) is 44.5 cm³/mol. The Labute approximate surface area is 71.9 Å². The molecule has 0 aliphatic carbocycles. The Kier molecular flexibility index (Phi) is 2.68. The van der Waals surface area contributed by atoms with Gasteiger partial charge in [0.2, 0.25) is 11.8 Å². The zero-order chi connectivity index (χ0) is 9.14. The maximum Gasteiger partial charge on any atom is 0.242 e. The highest BCUT2D eigenvalue weighted by Gasteiger charge is 2.25. The Morgan fingerprint density at radius 3 is 2.83 bits per heavy atom. The van der Waals surface area contributed by atoms with E-state index in [4.69, 9.17) is 0 Å². The average molecular weight is 170 g/mol. The second kappa shape index (κ2) is 3.56. The van der Waals surface area contributed by atoms with E-state index in [1.807, 2.05) is 13.8 Å². The third-order valence-electron chi connectivity index (χ3n) is 2.19. The van der Waals surface area contributed by atoms with Crippen molar-refractivity contribution in [3.8, 4) is 0 Å². The van der Waals surface area contributed by atoms with Gasteiger partial charge in [-0.25, -0.2) is 0 Å². The van der Waals surface area contributed by atoms with Crippen LogP contribution in [0.4, 0.5) is 0 Å². The standard InChI is InChI=1S/C8H14N2O2/c1-3-6(2)10-5-7(11)9-4-8(10)12/h6H,3-5H2,1-2H3,(H,9,11)/t6-/m0/s1. The van der Waals surface area contributed by atoms with Crippen LogP contribution < -0.4 is 5.32 Å². The molecule has 1 aliphatic rings. The van der Waals surface area contributed by atoms with Crippen molar-refractivity contribution >= 4 is 11.8 Å². The molecule has 4 heteroatoms. The molecule has 0 aromatic rings. The number of rotatable bonds is 2. The van der Waals surface area contributed by atoms with Gasteiger partial charge in [-0.15, -0.1) is 0 Å². The molecule has 1 N–H and O–H groups in total. The van der Waals surface area contributed by atoms with Crippen molar-refractivity contribution in [3.05, 3.63) is 0 Å². The first-order chi connectivity index (χ1) is 5.65. The first-order valence-corrected chi connectivity index (χ1v) is 4.21. The number of amides is 2. The molecular weight excluding hydrogens is 156 g/mol. The van der Waals surface area contributed by atoms with E-state index >= 15 is 0 Å². The smallest absolute Gasteiger partial charge is 0.242 e. The van der Waals surface area contributed by atoms with E-state index in [9.17, 15) is 9.59 Å². The lowest BCUT2D eigenvalue weighted by atomic mass is 10.2. The van der Waals surface area contributed by atoms with Crippen molar-refractivity contribution in [3.63, 3.8) is 0 Å². The molecule has 1 rings (SSSR count). The van der Waals surface area contributed by atoms with Crippen molar-refractivity contribution < 1.29 is 9.59 Å². The van der Waals surface area contributed by atoms with E-state index in [2.05, 4.69) is 5.32 Å². The number of piperazine rings is 1. The first kappa shape index (κ1) is 9.03. The Bertz CT molecular complexity index is 203. The van der Waals surface area contributed by atoms with Gasteiger partial charge in [-0.2, -0.15) is 0 Å². The molecule has 1 saturated heterocycles. The minimum absolute atomic E-state index is 0.0175. The number of carbonyl (C=O) groups is 2. The van der Waals surface area contributed by atoms with Crippen molar-refractivity contribution in [2.45, 2.75) is 26.3 Å². The molecule has 1 atom stereocenters. The number of hydrogen-bond donors (Lipinski definition) is 1. The Morgan fingerprint density at radius 1 is 1.58 bits per heavy atom. The average Bonchev–Trinajstić information content (AvgIpc) is 2.08.